The van der Waals surface area contributed by atoms with Gasteiger partial charge >= 0.3 is 5.97 Å². The fourth-order valence-corrected chi connectivity index (χ4v) is 2.95. The summed E-state index contributed by atoms with van der Waals surface area (Å²) in [7, 11) is 0. The number of aliphatic carboxylic acids is 1. The van der Waals surface area contributed by atoms with Gasteiger partial charge in [-0.2, -0.15) is 0 Å². The van der Waals surface area contributed by atoms with E-state index in [4.69, 9.17) is 5.11 Å². The first-order valence-electron chi connectivity index (χ1n) is 7.75. The second kappa shape index (κ2) is 5.88. The molecule has 0 radical (unpaired) electrons. The lowest BCUT2D eigenvalue weighted by Crippen LogP contribution is -2.32. The van der Waals surface area contributed by atoms with Crippen LogP contribution < -0.4 is 5.32 Å². The number of pyridine rings is 1. The lowest BCUT2D eigenvalue weighted by Gasteiger charge is -2.33. The molecule has 3 aromatic heterocycles. The van der Waals surface area contributed by atoms with Crippen LogP contribution in [0.4, 0.5) is 5.82 Å². The van der Waals surface area contributed by atoms with Gasteiger partial charge in [0.05, 0.1) is 12.2 Å². The van der Waals surface area contributed by atoms with E-state index in [1.807, 2.05) is 16.7 Å². The highest BCUT2D eigenvalue weighted by molar-refractivity contribution is 5.82. The second-order valence-electron chi connectivity index (χ2n) is 5.92. The molecule has 0 amide bonds. The van der Waals surface area contributed by atoms with Gasteiger partial charge in [-0.25, -0.2) is 15.0 Å². The van der Waals surface area contributed by atoms with Crippen molar-refractivity contribution in [1.29, 1.82) is 0 Å². The van der Waals surface area contributed by atoms with Crippen molar-refractivity contribution in [3.05, 3.63) is 42.7 Å². The number of nitrogens with zero attached hydrogens (tertiary/aromatic N) is 5. The molecule has 0 aromatic carbocycles. The Hall–Kier alpha value is -3.03. The molecule has 4 rings (SSSR count). The van der Waals surface area contributed by atoms with E-state index >= 15 is 0 Å². The van der Waals surface area contributed by atoms with E-state index < -0.39 is 5.97 Å². The molecule has 1 fully saturated rings. The third kappa shape index (κ3) is 2.55. The summed E-state index contributed by atoms with van der Waals surface area (Å²) in [4.78, 5) is 28.1. The van der Waals surface area contributed by atoms with E-state index in [1.165, 1.54) is 6.33 Å². The fourth-order valence-electron chi connectivity index (χ4n) is 2.95. The Labute approximate surface area is 137 Å². The highest BCUT2D eigenvalue weighted by Crippen LogP contribution is 2.39. The average Bonchev–Trinajstić information content (AvgIpc) is 2.97. The van der Waals surface area contributed by atoms with E-state index in [1.54, 1.807) is 18.7 Å². The van der Waals surface area contributed by atoms with Gasteiger partial charge in [-0.1, -0.05) is 6.07 Å². The van der Waals surface area contributed by atoms with Crippen LogP contribution in [0.1, 0.15) is 24.4 Å². The fraction of sp³-hybridized carbons (Fsp3) is 0.312. The van der Waals surface area contributed by atoms with Crippen LogP contribution in [0.2, 0.25) is 0 Å². The minimum Gasteiger partial charge on any atom is -0.481 e. The van der Waals surface area contributed by atoms with Gasteiger partial charge in [-0.3, -0.25) is 9.78 Å². The number of rotatable bonds is 5. The van der Waals surface area contributed by atoms with Crippen molar-refractivity contribution >= 4 is 23.0 Å². The van der Waals surface area contributed by atoms with Gasteiger partial charge in [-0.15, -0.1) is 0 Å². The number of carbonyl (C=O) groups is 1. The molecule has 1 aliphatic carbocycles. The van der Waals surface area contributed by atoms with Crippen molar-refractivity contribution < 1.29 is 9.90 Å². The molecular weight excluding hydrogens is 308 g/mol. The minimum atomic E-state index is -0.732. The maximum atomic E-state index is 11.0. The lowest BCUT2D eigenvalue weighted by atomic mass is 9.80. The zero-order valence-corrected chi connectivity index (χ0v) is 12.8. The third-order valence-electron chi connectivity index (χ3n) is 4.40. The van der Waals surface area contributed by atoms with Gasteiger partial charge in [0.1, 0.15) is 11.8 Å². The first-order valence-corrected chi connectivity index (χ1v) is 7.75. The van der Waals surface area contributed by atoms with E-state index in [0.29, 0.717) is 30.7 Å². The van der Waals surface area contributed by atoms with E-state index in [0.717, 1.165) is 11.2 Å². The lowest BCUT2D eigenvalue weighted by molar-refractivity contribution is -0.145. The summed E-state index contributed by atoms with van der Waals surface area (Å²) >= 11 is 0. The Morgan fingerprint density at radius 1 is 1.33 bits per heavy atom. The van der Waals surface area contributed by atoms with Crippen molar-refractivity contribution in [3.8, 4) is 0 Å². The smallest absolute Gasteiger partial charge is 0.306 e. The van der Waals surface area contributed by atoms with Gasteiger partial charge in [0, 0.05) is 25.0 Å². The highest BCUT2D eigenvalue weighted by Gasteiger charge is 2.36. The van der Waals surface area contributed by atoms with Crippen molar-refractivity contribution in [1.82, 2.24) is 24.5 Å². The molecule has 0 unspecified atom stereocenters. The summed E-state index contributed by atoms with van der Waals surface area (Å²) in [5.41, 5.74) is 2.47. The zero-order valence-electron chi connectivity index (χ0n) is 12.8. The van der Waals surface area contributed by atoms with Crippen LogP contribution in [0.15, 0.2) is 37.2 Å². The molecule has 0 aliphatic heterocycles. The van der Waals surface area contributed by atoms with Crippen LogP contribution in [0, 0.1) is 5.92 Å². The predicted molar refractivity (Wildman–Crippen MR) is 86.3 cm³/mol. The van der Waals surface area contributed by atoms with Crippen LogP contribution in [0.25, 0.3) is 11.2 Å². The number of imidazole rings is 1. The van der Waals surface area contributed by atoms with Crippen molar-refractivity contribution in [3.63, 3.8) is 0 Å². The van der Waals surface area contributed by atoms with Gasteiger partial charge in [0.15, 0.2) is 11.5 Å². The van der Waals surface area contributed by atoms with Gasteiger partial charge < -0.3 is 15.0 Å². The van der Waals surface area contributed by atoms with Gasteiger partial charge in [0.25, 0.3) is 0 Å². The normalized spacial score (nSPS) is 19.8. The number of nitrogens with one attached hydrogen (secondary N) is 1. The Bertz CT molecular complexity index is 873. The molecule has 0 spiro atoms. The number of carboxylic acid groups (broad SMARTS) is 1. The van der Waals surface area contributed by atoms with Gasteiger partial charge in [-0.05, 0) is 24.5 Å². The summed E-state index contributed by atoms with van der Waals surface area (Å²) in [5.74, 6) is -0.335. The standard InChI is InChI=1S/C16H16N6O2/c23-16(24)11-4-12(5-11)22-9-21-13-14(19-8-20-15(13)22)18-7-10-2-1-3-17-6-10/h1-3,6,8-9,11-12H,4-5,7H2,(H,23,24)(H,18,19,20). The van der Waals surface area contributed by atoms with Crippen LogP contribution in [0.3, 0.4) is 0 Å². The topological polar surface area (TPSA) is 106 Å². The van der Waals surface area contributed by atoms with Crippen molar-refractivity contribution in [2.75, 3.05) is 5.32 Å². The second-order valence-corrected chi connectivity index (χ2v) is 5.92. The van der Waals surface area contributed by atoms with E-state index in [-0.39, 0.29) is 12.0 Å². The van der Waals surface area contributed by atoms with E-state index in [9.17, 15) is 4.79 Å². The molecule has 0 bridgehead atoms. The highest BCUT2D eigenvalue weighted by atomic mass is 16.4. The van der Waals surface area contributed by atoms with Crippen LogP contribution in [-0.4, -0.2) is 35.6 Å². The summed E-state index contributed by atoms with van der Waals surface area (Å²) in [6.45, 7) is 0.595. The number of anilines is 1. The molecule has 1 aliphatic rings. The van der Waals surface area contributed by atoms with Crippen LogP contribution in [0.5, 0.6) is 0 Å². The maximum absolute atomic E-state index is 11.0. The molecule has 2 N–H and O–H groups in total. The Morgan fingerprint density at radius 2 is 2.21 bits per heavy atom. The predicted octanol–water partition coefficient (Wildman–Crippen LogP) is 1.87. The quantitative estimate of drug-likeness (QED) is 0.738. The SMILES string of the molecule is O=C(O)C1CC(n2cnc3c(NCc4cccnc4)ncnc32)C1. The summed E-state index contributed by atoms with van der Waals surface area (Å²) in [6.07, 6.45) is 7.98. The molecule has 8 heteroatoms. The maximum Gasteiger partial charge on any atom is 0.306 e. The molecular formula is C16H16N6O2. The minimum absolute atomic E-state index is 0.136. The summed E-state index contributed by atoms with van der Waals surface area (Å²) < 4.78 is 1.95. The average molecular weight is 324 g/mol. The number of hydrogen-bond acceptors (Lipinski definition) is 6. The monoisotopic (exact) mass is 324 g/mol. The zero-order chi connectivity index (χ0) is 16.5. The summed E-state index contributed by atoms with van der Waals surface area (Å²) in [5, 5.41) is 12.3. The Morgan fingerprint density at radius 3 is 2.96 bits per heavy atom. The van der Waals surface area contributed by atoms with Crippen LogP contribution >= 0.6 is 0 Å². The Kier molecular flexibility index (Phi) is 3.56. The largest absolute Gasteiger partial charge is 0.481 e. The number of hydrogen-bond donors (Lipinski definition) is 2. The van der Waals surface area contributed by atoms with Crippen LogP contribution in [-0.2, 0) is 11.3 Å². The molecule has 1 saturated carbocycles. The molecule has 0 atom stereocenters. The molecule has 3 heterocycles. The molecule has 0 saturated heterocycles. The first-order chi connectivity index (χ1) is 11.7. The van der Waals surface area contributed by atoms with E-state index in [2.05, 4.69) is 25.3 Å². The Balaban J connectivity index is 1.55. The number of carboxylic acids is 1. The molecule has 3 aromatic rings. The summed E-state index contributed by atoms with van der Waals surface area (Å²) in [6, 6.07) is 4.01. The van der Waals surface area contributed by atoms with Crippen molar-refractivity contribution in [2.45, 2.75) is 25.4 Å². The number of aromatic nitrogens is 5. The molecule has 24 heavy (non-hydrogen) atoms. The van der Waals surface area contributed by atoms with Gasteiger partial charge in [0.2, 0.25) is 0 Å². The third-order valence-corrected chi connectivity index (χ3v) is 4.40. The molecule has 8 nitrogen and oxygen atoms in total. The first kappa shape index (κ1) is 14.6. The number of fused-ring (bicyclic) bond motifs is 1. The molecule has 122 valence electrons. The van der Waals surface area contributed by atoms with Crippen molar-refractivity contribution in [2.24, 2.45) is 5.92 Å².